The van der Waals surface area contributed by atoms with Crippen molar-refractivity contribution in [2.24, 2.45) is 5.92 Å². The fraction of sp³-hybridized carbons (Fsp3) is 0.333. The van der Waals surface area contributed by atoms with Crippen molar-refractivity contribution >= 4 is 38.7 Å². The predicted molar refractivity (Wildman–Crippen MR) is 105 cm³/mol. The number of hydrogen-bond donors (Lipinski definition) is 1. The number of amides is 1. The first-order valence-corrected chi connectivity index (χ1v) is 11.1. The summed E-state index contributed by atoms with van der Waals surface area (Å²) < 4.78 is 36.0. The Hall–Kier alpha value is -2.43. The van der Waals surface area contributed by atoms with Gasteiger partial charge in [0.2, 0.25) is 15.9 Å². The molecule has 1 aliphatic heterocycles. The van der Waals surface area contributed by atoms with Gasteiger partial charge in [-0.2, -0.15) is 13.1 Å². The summed E-state index contributed by atoms with van der Waals surface area (Å²) in [6.45, 7) is 0.872. The van der Waals surface area contributed by atoms with Gasteiger partial charge >= 0.3 is 0 Å². The van der Waals surface area contributed by atoms with Gasteiger partial charge in [0.25, 0.3) is 0 Å². The number of nitrogens with one attached hydrogen (secondary N) is 1. The molecule has 1 fully saturated rings. The predicted octanol–water partition coefficient (Wildman–Crippen LogP) is 1.80. The molecule has 1 aromatic carbocycles. The number of carbonyl (C=O) groups excluding carboxylic acids is 1. The normalized spacial score (nSPS) is 18.2. The maximum atomic E-state index is 13.2. The number of hydrogen-bond acceptors (Lipinski definition) is 7. The second-order valence-electron chi connectivity index (χ2n) is 6.63. The van der Waals surface area contributed by atoms with E-state index in [1.54, 1.807) is 24.4 Å². The van der Waals surface area contributed by atoms with Crippen LogP contribution in [0.25, 0.3) is 11.0 Å². The van der Waals surface area contributed by atoms with E-state index in [1.807, 2.05) is 18.2 Å². The SMILES string of the molecule is O=C(NCc1ccccn1)[C@H]1CCCN(S(=O)(=O)c2cccc3nsnc23)C1. The summed E-state index contributed by atoms with van der Waals surface area (Å²) in [5.74, 6) is -0.543. The molecule has 3 heterocycles. The first kappa shape index (κ1) is 18.9. The lowest BCUT2D eigenvalue weighted by Gasteiger charge is -2.31. The number of carbonyl (C=O) groups is 1. The Morgan fingerprint density at radius 2 is 2.11 bits per heavy atom. The van der Waals surface area contributed by atoms with Crippen LogP contribution in [0.1, 0.15) is 18.5 Å². The summed E-state index contributed by atoms with van der Waals surface area (Å²) in [7, 11) is -3.75. The van der Waals surface area contributed by atoms with E-state index in [-0.39, 0.29) is 23.3 Å². The average molecular weight is 418 g/mol. The van der Waals surface area contributed by atoms with E-state index in [2.05, 4.69) is 19.0 Å². The molecule has 28 heavy (non-hydrogen) atoms. The topological polar surface area (TPSA) is 105 Å². The Balaban J connectivity index is 1.48. The molecule has 1 saturated heterocycles. The molecule has 1 amide bonds. The zero-order chi connectivity index (χ0) is 19.6. The third kappa shape index (κ3) is 3.75. The maximum absolute atomic E-state index is 13.2. The Labute approximate surface area is 167 Å². The Kier molecular flexibility index (Phi) is 5.33. The van der Waals surface area contributed by atoms with E-state index in [1.165, 1.54) is 4.31 Å². The molecule has 146 valence electrons. The van der Waals surface area contributed by atoms with Crippen LogP contribution in [0.5, 0.6) is 0 Å². The van der Waals surface area contributed by atoms with Crippen molar-refractivity contribution in [3.05, 3.63) is 48.3 Å². The van der Waals surface area contributed by atoms with Crippen molar-refractivity contribution in [1.82, 2.24) is 23.4 Å². The summed E-state index contributed by atoms with van der Waals surface area (Å²) in [6.07, 6.45) is 2.96. The van der Waals surface area contributed by atoms with Gasteiger partial charge in [0.1, 0.15) is 15.9 Å². The van der Waals surface area contributed by atoms with E-state index in [4.69, 9.17) is 0 Å². The molecular formula is C18H19N5O3S2. The molecule has 0 aliphatic carbocycles. The van der Waals surface area contributed by atoms with Crippen molar-refractivity contribution < 1.29 is 13.2 Å². The summed E-state index contributed by atoms with van der Waals surface area (Å²) in [4.78, 5) is 16.9. The van der Waals surface area contributed by atoms with Crippen LogP contribution in [0, 0.1) is 5.92 Å². The average Bonchev–Trinajstić information content (AvgIpc) is 3.21. The van der Waals surface area contributed by atoms with E-state index >= 15 is 0 Å². The minimum Gasteiger partial charge on any atom is -0.350 e. The molecule has 0 radical (unpaired) electrons. The molecule has 3 aromatic rings. The fourth-order valence-electron chi connectivity index (χ4n) is 3.33. The van der Waals surface area contributed by atoms with E-state index in [0.29, 0.717) is 37.0 Å². The smallest absolute Gasteiger partial charge is 0.245 e. The second kappa shape index (κ2) is 7.90. The minimum absolute atomic E-state index is 0.147. The van der Waals surface area contributed by atoms with Crippen LogP contribution in [0.2, 0.25) is 0 Å². The molecule has 1 atom stereocenters. The number of pyridine rings is 1. The van der Waals surface area contributed by atoms with E-state index < -0.39 is 10.0 Å². The lowest BCUT2D eigenvalue weighted by molar-refractivity contribution is -0.126. The van der Waals surface area contributed by atoms with Crippen LogP contribution >= 0.6 is 11.7 Å². The van der Waals surface area contributed by atoms with E-state index in [9.17, 15) is 13.2 Å². The van der Waals surface area contributed by atoms with Gasteiger partial charge in [0.15, 0.2) is 0 Å². The maximum Gasteiger partial charge on any atom is 0.245 e. The number of aromatic nitrogens is 3. The molecule has 4 rings (SSSR count). The van der Waals surface area contributed by atoms with Crippen LogP contribution in [-0.4, -0.2) is 45.5 Å². The summed E-state index contributed by atoms with van der Waals surface area (Å²) in [6, 6.07) is 10.5. The van der Waals surface area contributed by atoms with Crippen LogP contribution in [0.3, 0.4) is 0 Å². The standard InChI is InChI=1S/C18H19N5O3S2/c24-18(20-11-14-6-1-2-9-19-14)13-5-4-10-23(12-13)28(25,26)16-8-3-7-15-17(16)22-27-21-15/h1-3,6-9,13H,4-5,10-12H2,(H,20,24)/t13-/m0/s1. The third-order valence-electron chi connectivity index (χ3n) is 4.79. The Morgan fingerprint density at radius 1 is 1.21 bits per heavy atom. The molecule has 8 nitrogen and oxygen atoms in total. The third-order valence-corrected chi connectivity index (χ3v) is 7.23. The number of sulfonamides is 1. The van der Waals surface area contributed by atoms with E-state index in [0.717, 1.165) is 17.4 Å². The molecule has 10 heteroatoms. The number of fused-ring (bicyclic) bond motifs is 1. The largest absolute Gasteiger partial charge is 0.350 e. The summed E-state index contributed by atoms with van der Waals surface area (Å²) >= 11 is 0.987. The van der Waals surface area contributed by atoms with Gasteiger partial charge in [0, 0.05) is 19.3 Å². The summed E-state index contributed by atoms with van der Waals surface area (Å²) in [5, 5.41) is 2.86. The van der Waals surface area contributed by atoms with Gasteiger partial charge < -0.3 is 5.32 Å². The molecule has 2 aromatic heterocycles. The molecule has 0 bridgehead atoms. The number of piperidine rings is 1. The van der Waals surface area contributed by atoms with Crippen LogP contribution < -0.4 is 5.32 Å². The van der Waals surface area contributed by atoms with Crippen molar-refractivity contribution in [2.45, 2.75) is 24.3 Å². The van der Waals surface area contributed by atoms with Gasteiger partial charge in [-0.3, -0.25) is 9.78 Å². The number of rotatable bonds is 5. The molecule has 1 N–H and O–H groups in total. The molecule has 1 aliphatic rings. The zero-order valence-electron chi connectivity index (χ0n) is 15.0. The van der Waals surface area contributed by atoms with Crippen LogP contribution in [-0.2, 0) is 21.4 Å². The quantitative estimate of drug-likeness (QED) is 0.679. The fourth-order valence-corrected chi connectivity index (χ4v) is 5.60. The molecular weight excluding hydrogens is 398 g/mol. The van der Waals surface area contributed by atoms with Crippen molar-refractivity contribution in [3.8, 4) is 0 Å². The van der Waals surface area contributed by atoms with Crippen molar-refractivity contribution in [2.75, 3.05) is 13.1 Å². The van der Waals surface area contributed by atoms with Gasteiger partial charge in [0.05, 0.1) is 29.9 Å². The van der Waals surface area contributed by atoms with Gasteiger partial charge in [-0.1, -0.05) is 12.1 Å². The number of nitrogens with zero attached hydrogens (tertiary/aromatic N) is 4. The Morgan fingerprint density at radius 3 is 2.93 bits per heavy atom. The molecule has 0 unspecified atom stereocenters. The highest BCUT2D eigenvalue weighted by atomic mass is 32.2. The monoisotopic (exact) mass is 417 g/mol. The first-order chi connectivity index (χ1) is 13.6. The lowest BCUT2D eigenvalue weighted by Crippen LogP contribution is -2.45. The van der Waals surface area contributed by atoms with Gasteiger partial charge in [-0.05, 0) is 37.1 Å². The van der Waals surface area contributed by atoms with Gasteiger partial charge in [-0.15, -0.1) is 0 Å². The highest BCUT2D eigenvalue weighted by molar-refractivity contribution is 7.89. The lowest BCUT2D eigenvalue weighted by atomic mass is 9.99. The number of benzene rings is 1. The minimum atomic E-state index is -3.75. The first-order valence-electron chi connectivity index (χ1n) is 8.95. The molecule has 0 saturated carbocycles. The zero-order valence-corrected chi connectivity index (χ0v) is 16.6. The van der Waals surface area contributed by atoms with Crippen LogP contribution in [0.15, 0.2) is 47.5 Å². The highest BCUT2D eigenvalue weighted by Crippen LogP contribution is 2.28. The summed E-state index contributed by atoms with van der Waals surface area (Å²) in [5.41, 5.74) is 1.71. The van der Waals surface area contributed by atoms with Crippen LogP contribution in [0.4, 0.5) is 0 Å². The van der Waals surface area contributed by atoms with Gasteiger partial charge in [-0.25, -0.2) is 8.42 Å². The van der Waals surface area contributed by atoms with Crippen molar-refractivity contribution in [1.29, 1.82) is 0 Å². The second-order valence-corrected chi connectivity index (χ2v) is 9.06. The van der Waals surface area contributed by atoms with Crippen molar-refractivity contribution in [3.63, 3.8) is 0 Å². The Bertz CT molecular complexity index is 1080. The highest BCUT2D eigenvalue weighted by Gasteiger charge is 2.34. The molecule has 0 spiro atoms.